The highest BCUT2D eigenvalue weighted by Crippen LogP contribution is 2.37. The maximum absolute atomic E-state index is 13.1. The zero-order chi connectivity index (χ0) is 19.2. The average Bonchev–Trinajstić information content (AvgIpc) is 2.68. The fourth-order valence-electron chi connectivity index (χ4n) is 4.12. The van der Waals surface area contributed by atoms with Crippen LogP contribution >= 0.6 is 0 Å². The molecule has 1 N–H and O–H groups in total. The fourth-order valence-corrected chi connectivity index (χ4v) is 5.68. The van der Waals surface area contributed by atoms with Crippen molar-refractivity contribution in [1.29, 1.82) is 0 Å². The van der Waals surface area contributed by atoms with E-state index >= 15 is 0 Å². The lowest BCUT2D eigenvalue weighted by Gasteiger charge is -2.42. The molecule has 2 aliphatic heterocycles. The average molecular weight is 387 g/mol. The van der Waals surface area contributed by atoms with Crippen LogP contribution in [-0.2, 0) is 16.6 Å². The van der Waals surface area contributed by atoms with Gasteiger partial charge in [0.25, 0.3) is 11.5 Å². The highest BCUT2D eigenvalue weighted by atomic mass is 32.2. The number of carbonyl (C=O) groups excluding carboxylic acids is 1. The van der Waals surface area contributed by atoms with E-state index < -0.39 is 10.0 Å². The Morgan fingerprint density at radius 1 is 1.07 bits per heavy atom. The third-order valence-electron chi connectivity index (χ3n) is 5.43. The second-order valence-corrected chi connectivity index (χ2v) is 9.06. The standard InChI is InChI=1S/C19H21N3O4S/c1-20-19(24)14-5-7-16(8-6-14)27(25,26)21-10-13-9-15(12-21)17-3-2-4-18(23)22(17)11-13/h2-8,13,15H,9-12H2,1H3,(H,20,24)/t13-,15+/m1/s1. The Bertz CT molecular complexity index is 1040. The minimum atomic E-state index is -3.65. The molecule has 2 atom stereocenters. The number of piperidine rings is 1. The van der Waals surface area contributed by atoms with E-state index in [1.54, 1.807) is 16.7 Å². The van der Waals surface area contributed by atoms with Gasteiger partial charge in [-0.15, -0.1) is 0 Å². The SMILES string of the molecule is CNC(=O)c1ccc(S(=O)(=O)N2C[C@H]3C[C@@H](C2)c2cccc(=O)n2C3)cc1. The molecule has 0 aliphatic carbocycles. The number of rotatable bonds is 3. The van der Waals surface area contributed by atoms with Gasteiger partial charge in [-0.3, -0.25) is 9.59 Å². The van der Waals surface area contributed by atoms with Gasteiger partial charge in [-0.05, 0) is 42.7 Å². The van der Waals surface area contributed by atoms with Crippen LogP contribution in [0.3, 0.4) is 0 Å². The van der Waals surface area contributed by atoms with Gasteiger partial charge in [0.1, 0.15) is 0 Å². The van der Waals surface area contributed by atoms with Crippen LogP contribution in [0.4, 0.5) is 0 Å². The number of benzene rings is 1. The van der Waals surface area contributed by atoms with Crippen LogP contribution in [0.5, 0.6) is 0 Å². The van der Waals surface area contributed by atoms with Gasteiger partial charge in [-0.1, -0.05) is 6.07 Å². The molecule has 0 spiro atoms. The summed E-state index contributed by atoms with van der Waals surface area (Å²) in [5.41, 5.74) is 1.30. The molecule has 2 bridgehead atoms. The first-order valence-electron chi connectivity index (χ1n) is 8.92. The number of nitrogens with zero attached hydrogens (tertiary/aromatic N) is 2. The largest absolute Gasteiger partial charge is 0.355 e. The smallest absolute Gasteiger partial charge is 0.251 e. The van der Waals surface area contributed by atoms with Crippen molar-refractivity contribution in [2.45, 2.75) is 23.8 Å². The predicted octanol–water partition coefficient (Wildman–Crippen LogP) is 1.02. The highest BCUT2D eigenvalue weighted by Gasteiger charge is 2.39. The van der Waals surface area contributed by atoms with Gasteiger partial charge in [0, 0.05) is 49.9 Å². The molecule has 142 valence electrons. The topological polar surface area (TPSA) is 88.5 Å². The van der Waals surface area contributed by atoms with Crippen LogP contribution < -0.4 is 10.9 Å². The summed E-state index contributed by atoms with van der Waals surface area (Å²) < 4.78 is 29.5. The number of hydrogen-bond acceptors (Lipinski definition) is 4. The molecule has 1 saturated heterocycles. The lowest BCUT2D eigenvalue weighted by atomic mass is 9.84. The van der Waals surface area contributed by atoms with Crippen molar-refractivity contribution >= 4 is 15.9 Å². The van der Waals surface area contributed by atoms with Gasteiger partial charge in [-0.25, -0.2) is 8.42 Å². The molecule has 1 aromatic heterocycles. The van der Waals surface area contributed by atoms with Crippen molar-refractivity contribution in [3.63, 3.8) is 0 Å². The van der Waals surface area contributed by atoms with Crippen molar-refractivity contribution in [1.82, 2.24) is 14.2 Å². The van der Waals surface area contributed by atoms with E-state index in [4.69, 9.17) is 0 Å². The molecule has 1 amide bonds. The van der Waals surface area contributed by atoms with Gasteiger partial charge in [0.2, 0.25) is 10.0 Å². The van der Waals surface area contributed by atoms with Crippen molar-refractivity contribution in [2.24, 2.45) is 5.92 Å². The minimum Gasteiger partial charge on any atom is -0.355 e. The number of hydrogen-bond donors (Lipinski definition) is 1. The predicted molar refractivity (Wildman–Crippen MR) is 100 cm³/mol. The van der Waals surface area contributed by atoms with E-state index in [2.05, 4.69) is 5.32 Å². The third kappa shape index (κ3) is 3.08. The minimum absolute atomic E-state index is 0.0197. The molecular weight excluding hydrogens is 366 g/mol. The zero-order valence-corrected chi connectivity index (χ0v) is 15.8. The summed E-state index contributed by atoms with van der Waals surface area (Å²) in [6, 6.07) is 11.2. The van der Waals surface area contributed by atoms with Crippen LogP contribution in [-0.4, -0.2) is 43.3 Å². The van der Waals surface area contributed by atoms with Crippen LogP contribution in [0, 0.1) is 5.92 Å². The Kier molecular flexibility index (Phi) is 4.39. The number of pyridine rings is 1. The van der Waals surface area contributed by atoms with E-state index in [0.717, 1.165) is 12.1 Å². The van der Waals surface area contributed by atoms with Crippen molar-refractivity contribution in [3.05, 3.63) is 64.1 Å². The Labute approximate surface area is 157 Å². The van der Waals surface area contributed by atoms with Crippen LogP contribution in [0.2, 0.25) is 0 Å². The van der Waals surface area contributed by atoms with E-state index in [1.807, 2.05) is 6.07 Å². The van der Waals surface area contributed by atoms with Gasteiger partial charge < -0.3 is 9.88 Å². The zero-order valence-electron chi connectivity index (χ0n) is 15.0. The first-order valence-corrected chi connectivity index (χ1v) is 10.4. The third-order valence-corrected chi connectivity index (χ3v) is 7.27. The molecule has 3 heterocycles. The lowest BCUT2D eigenvalue weighted by Crippen LogP contribution is -2.49. The Morgan fingerprint density at radius 2 is 1.81 bits per heavy atom. The Morgan fingerprint density at radius 3 is 2.52 bits per heavy atom. The van der Waals surface area contributed by atoms with Crippen LogP contribution in [0.1, 0.15) is 28.4 Å². The molecule has 4 rings (SSSR count). The van der Waals surface area contributed by atoms with Gasteiger partial charge in [-0.2, -0.15) is 4.31 Å². The Balaban J connectivity index is 1.63. The Hall–Kier alpha value is -2.45. The second-order valence-electron chi connectivity index (χ2n) is 7.12. The summed E-state index contributed by atoms with van der Waals surface area (Å²) in [4.78, 5) is 23.9. The monoisotopic (exact) mass is 387 g/mol. The summed E-state index contributed by atoms with van der Waals surface area (Å²) in [5, 5.41) is 2.52. The van der Waals surface area contributed by atoms with Crippen molar-refractivity contribution in [2.75, 3.05) is 20.1 Å². The number of amides is 1. The normalized spacial score (nSPS) is 22.1. The summed E-state index contributed by atoms with van der Waals surface area (Å²) >= 11 is 0. The quantitative estimate of drug-likeness (QED) is 0.852. The van der Waals surface area contributed by atoms with Crippen LogP contribution in [0.25, 0.3) is 0 Å². The number of nitrogens with one attached hydrogen (secondary N) is 1. The molecule has 8 heteroatoms. The molecule has 0 saturated carbocycles. The molecule has 0 radical (unpaired) electrons. The van der Waals surface area contributed by atoms with E-state index in [9.17, 15) is 18.0 Å². The summed E-state index contributed by atoms with van der Waals surface area (Å²) in [6.07, 6.45) is 0.894. The van der Waals surface area contributed by atoms with Crippen LogP contribution in [0.15, 0.2) is 52.2 Å². The highest BCUT2D eigenvalue weighted by molar-refractivity contribution is 7.89. The number of sulfonamides is 1. The van der Waals surface area contributed by atoms with Gasteiger partial charge in [0.05, 0.1) is 4.90 Å². The fraction of sp³-hybridized carbons (Fsp3) is 0.368. The lowest BCUT2D eigenvalue weighted by molar-refractivity contribution is 0.0963. The van der Waals surface area contributed by atoms with Gasteiger partial charge >= 0.3 is 0 Å². The summed E-state index contributed by atoms with van der Waals surface area (Å²) in [7, 11) is -2.12. The molecule has 7 nitrogen and oxygen atoms in total. The molecule has 27 heavy (non-hydrogen) atoms. The van der Waals surface area contributed by atoms with Crippen molar-refractivity contribution in [3.8, 4) is 0 Å². The molecule has 1 aromatic carbocycles. The number of aromatic nitrogens is 1. The summed E-state index contributed by atoms with van der Waals surface area (Å²) in [5.74, 6) is -0.115. The summed E-state index contributed by atoms with van der Waals surface area (Å²) in [6.45, 7) is 1.31. The first kappa shape index (κ1) is 17.9. The van der Waals surface area contributed by atoms with E-state index in [-0.39, 0.29) is 28.2 Å². The second kappa shape index (κ2) is 6.61. The molecule has 2 aromatic rings. The van der Waals surface area contributed by atoms with E-state index in [1.165, 1.54) is 35.6 Å². The number of fused-ring (bicyclic) bond motifs is 4. The van der Waals surface area contributed by atoms with E-state index in [0.29, 0.717) is 25.2 Å². The molecular formula is C19H21N3O4S. The number of carbonyl (C=O) groups is 1. The maximum atomic E-state index is 13.1. The first-order chi connectivity index (χ1) is 12.9. The molecule has 1 fully saturated rings. The molecule has 0 unspecified atom stereocenters. The van der Waals surface area contributed by atoms with Gasteiger partial charge in [0.15, 0.2) is 0 Å². The maximum Gasteiger partial charge on any atom is 0.251 e. The molecule has 2 aliphatic rings. The van der Waals surface area contributed by atoms with Crippen molar-refractivity contribution < 1.29 is 13.2 Å².